The minimum Gasteiger partial charge on any atom is -0.480 e. The highest BCUT2D eigenvalue weighted by molar-refractivity contribution is 5.94. The molecule has 0 unspecified atom stereocenters. The van der Waals surface area contributed by atoms with Crippen molar-refractivity contribution in [1.82, 2.24) is 10.6 Å². The zero-order valence-electron chi connectivity index (χ0n) is 21.5. The summed E-state index contributed by atoms with van der Waals surface area (Å²) in [6.07, 6.45) is 4.04. The monoisotopic (exact) mass is 507 g/mol. The second-order valence-electron chi connectivity index (χ2n) is 8.37. The summed E-state index contributed by atoms with van der Waals surface area (Å²) in [5, 5.41) is 17.9. The fraction of sp³-hybridized carbons (Fsp3) is 0.615. The second-order valence-corrected chi connectivity index (χ2v) is 8.37. The van der Waals surface area contributed by atoms with E-state index in [-0.39, 0.29) is 31.3 Å². The Kier molecular flexibility index (Phi) is 16.6. The van der Waals surface area contributed by atoms with Crippen LogP contribution in [0.3, 0.4) is 0 Å². The summed E-state index contributed by atoms with van der Waals surface area (Å²) < 4.78 is 10.5. The Bertz CT molecular complexity index is 799. The van der Waals surface area contributed by atoms with Crippen molar-refractivity contribution in [3.05, 3.63) is 29.8 Å². The number of aliphatic carboxylic acids is 1. The SMILES string of the molecule is CCCNc1ccc(C(=O)NCCCC[C@H](NC(=O)COCCOCCCC(=O)CC)C(=O)O)cc1. The van der Waals surface area contributed by atoms with Gasteiger partial charge in [0.15, 0.2) is 0 Å². The molecule has 10 nitrogen and oxygen atoms in total. The maximum atomic E-state index is 12.2. The average molecular weight is 508 g/mol. The first-order valence-corrected chi connectivity index (χ1v) is 12.7. The number of carboxylic acids is 1. The molecule has 0 bridgehead atoms. The van der Waals surface area contributed by atoms with Gasteiger partial charge in [-0.05, 0) is 56.4 Å². The van der Waals surface area contributed by atoms with E-state index in [1.54, 1.807) is 12.1 Å². The van der Waals surface area contributed by atoms with Crippen molar-refractivity contribution in [3.63, 3.8) is 0 Å². The van der Waals surface area contributed by atoms with Crippen molar-refractivity contribution < 1.29 is 33.8 Å². The fourth-order valence-electron chi connectivity index (χ4n) is 3.21. The van der Waals surface area contributed by atoms with E-state index in [0.717, 1.165) is 18.7 Å². The van der Waals surface area contributed by atoms with Gasteiger partial charge in [0.05, 0.1) is 13.2 Å². The summed E-state index contributed by atoms with van der Waals surface area (Å²) in [5.74, 6) is -1.61. The minimum atomic E-state index is -1.12. The maximum Gasteiger partial charge on any atom is 0.326 e. The molecule has 0 aliphatic carbocycles. The molecule has 4 N–H and O–H groups in total. The summed E-state index contributed by atoms with van der Waals surface area (Å²) >= 11 is 0. The molecular formula is C26H41N3O7. The summed E-state index contributed by atoms with van der Waals surface area (Å²) in [4.78, 5) is 46.9. The number of Topliss-reactive ketones (excluding diaryl/α,β-unsaturated/α-hetero) is 1. The molecule has 0 saturated heterocycles. The normalized spacial score (nSPS) is 11.5. The molecule has 0 spiro atoms. The van der Waals surface area contributed by atoms with E-state index in [0.29, 0.717) is 57.4 Å². The first-order chi connectivity index (χ1) is 17.4. The highest BCUT2D eigenvalue weighted by Crippen LogP contribution is 2.10. The van der Waals surface area contributed by atoms with Gasteiger partial charge in [-0.25, -0.2) is 4.79 Å². The van der Waals surface area contributed by atoms with Crippen LogP contribution < -0.4 is 16.0 Å². The van der Waals surface area contributed by atoms with Crippen molar-refractivity contribution in [1.29, 1.82) is 0 Å². The van der Waals surface area contributed by atoms with E-state index in [2.05, 4.69) is 22.9 Å². The Balaban J connectivity index is 2.17. The molecular weight excluding hydrogens is 466 g/mol. The lowest BCUT2D eigenvalue weighted by molar-refractivity contribution is -0.142. The maximum absolute atomic E-state index is 12.2. The first kappa shape index (κ1) is 31.1. The highest BCUT2D eigenvalue weighted by atomic mass is 16.5. The largest absolute Gasteiger partial charge is 0.480 e. The molecule has 1 rings (SSSR count). The smallest absolute Gasteiger partial charge is 0.326 e. The summed E-state index contributed by atoms with van der Waals surface area (Å²) in [5.41, 5.74) is 1.52. The van der Waals surface area contributed by atoms with Crippen LogP contribution in [-0.2, 0) is 23.9 Å². The Labute approximate surface area is 213 Å². The highest BCUT2D eigenvalue weighted by Gasteiger charge is 2.19. The number of ether oxygens (including phenoxy) is 2. The number of anilines is 1. The number of carbonyl (C=O) groups is 4. The van der Waals surface area contributed by atoms with Crippen molar-refractivity contribution >= 4 is 29.3 Å². The van der Waals surface area contributed by atoms with Crippen LogP contribution in [0.4, 0.5) is 5.69 Å². The molecule has 10 heteroatoms. The minimum absolute atomic E-state index is 0.185. The average Bonchev–Trinajstić information content (AvgIpc) is 2.87. The van der Waals surface area contributed by atoms with Crippen LogP contribution in [0.2, 0.25) is 0 Å². The molecule has 0 aliphatic heterocycles. The Morgan fingerprint density at radius 1 is 0.917 bits per heavy atom. The lowest BCUT2D eigenvalue weighted by Gasteiger charge is -2.15. The standard InChI is InChI=1S/C26H41N3O7/c1-3-14-27-21-12-10-20(11-13-21)25(32)28-15-6-5-9-23(26(33)34)29-24(31)19-36-18-17-35-16-7-8-22(30)4-2/h10-13,23,27H,3-9,14-19H2,1-2H3,(H,28,32)(H,29,31)(H,33,34)/t23-/m0/s1. The van der Waals surface area contributed by atoms with Crippen LogP contribution in [0.5, 0.6) is 0 Å². The van der Waals surface area contributed by atoms with E-state index in [4.69, 9.17) is 9.47 Å². The summed E-state index contributed by atoms with van der Waals surface area (Å²) in [7, 11) is 0. The first-order valence-electron chi connectivity index (χ1n) is 12.7. The van der Waals surface area contributed by atoms with Gasteiger partial charge in [-0.3, -0.25) is 14.4 Å². The van der Waals surface area contributed by atoms with Crippen molar-refractivity contribution in [3.8, 4) is 0 Å². The van der Waals surface area contributed by atoms with Crippen LogP contribution in [0.15, 0.2) is 24.3 Å². The third kappa shape index (κ3) is 14.4. The van der Waals surface area contributed by atoms with Gasteiger partial charge < -0.3 is 30.5 Å². The van der Waals surface area contributed by atoms with Gasteiger partial charge in [0.2, 0.25) is 5.91 Å². The van der Waals surface area contributed by atoms with E-state index in [1.807, 2.05) is 19.1 Å². The van der Waals surface area contributed by atoms with Gasteiger partial charge in [0.25, 0.3) is 5.91 Å². The van der Waals surface area contributed by atoms with E-state index in [9.17, 15) is 24.3 Å². The number of unbranched alkanes of at least 4 members (excludes halogenated alkanes) is 1. The number of hydrogen-bond acceptors (Lipinski definition) is 7. The molecule has 2 amide bonds. The molecule has 36 heavy (non-hydrogen) atoms. The molecule has 0 aliphatic rings. The van der Waals surface area contributed by atoms with Gasteiger partial charge in [0, 0.05) is 43.8 Å². The quantitative estimate of drug-likeness (QED) is 0.186. The van der Waals surface area contributed by atoms with Gasteiger partial charge in [-0.15, -0.1) is 0 Å². The summed E-state index contributed by atoms with van der Waals surface area (Å²) in [6, 6.07) is 6.21. The van der Waals surface area contributed by atoms with Crippen LogP contribution in [-0.4, -0.2) is 74.2 Å². The van der Waals surface area contributed by atoms with Crippen LogP contribution in [0.25, 0.3) is 0 Å². The van der Waals surface area contributed by atoms with Gasteiger partial charge >= 0.3 is 5.97 Å². The van der Waals surface area contributed by atoms with Gasteiger partial charge in [-0.2, -0.15) is 0 Å². The summed E-state index contributed by atoms with van der Waals surface area (Å²) in [6.45, 7) is 5.87. The number of nitrogens with one attached hydrogen (secondary N) is 3. The molecule has 0 aromatic heterocycles. The van der Waals surface area contributed by atoms with Crippen LogP contribution >= 0.6 is 0 Å². The number of hydrogen-bond donors (Lipinski definition) is 4. The number of carboxylic acid groups (broad SMARTS) is 1. The molecule has 1 atom stereocenters. The van der Waals surface area contributed by atoms with Gasteiger partial charge in [-0.1, -0.05) is 13.8 Å². The second kappa shape index (κ2) is 19.2. The third-order valence-electron chi connectivity index (χ3n) is 5.31. The molecule has 1 aromatic carbocycles. The lowest BCUT2D eigenvalue weighted by atomic mass is 10.1. The predicted molar refractivity (Wildman–Crippen MR) is 137 cm³/mol. The Hall–Kier alpha value is -2.98. The van der Waals surface area contributed by atoms with E-state index >= 15 is 0 Å². The molecule has 202 valence electrons. The number of ketones is 1. The fourth-order valence-corrected chi connectivity index (χ4v) is 3.21. The van der Waals surface area contributed by atoms with E-state index < -0.39 is 17.9 Å². The van der Waals surface area contributed by atoms with Crippen LogP contribution in [0.1, 0.15) is 69.2 Å². The van der Waals surface area contributed by atoms with Crippen molar-refractivity contribution in [2.24, 2.45) is 0 Å². The zero-order valence-corrected chi connectivity index (χ0v) is 21.5. The Morgan fingerprint density at radius 3 is 2.31 bits per heavy atom. The Morgan fingerprint density at radius 2 is 1.64 bits per heavy atom. The molecule has 0 fully saturated rings. The van der Waals surface area contributed by atoms with Crippen molar-refractivity contribution in [2.45, 2.75) is 64.8 Å². The topological polar surface area (TPSA) is 143 Å². The molecule has 0 saturated carbocycles. The van der Waals surface area contributed by atoms with Gasteiger partial charge in [0.1, 0.15) is 18.4 Å². The third-order valence-corrected chi connectivity index (χ3v) is 5.31. The number of benzene rings is 1. The van der Waals surface area contributed by atoms with E-state index in [1.165, 1.54) is 0 Å². The van der Waals surface area contributed by atoms with Crippen molar-refractivity contribution in [2.75, 3.05) is 44.8 Å². The zero-order chi connectivity index (χ0) is 26.6. The number of amides is 2. The molecule has 1 aromatic rings. The van der Waals surface area contributed by atoms with Crippen LogP contribution in [0, 0.1) is 0 Å². The predicted octanol–water partition coefficient (Wildman–Crippen LogP) is 2.77. The molecule has 0 heterocycles. The lowest BCUT2D eigenvalue weighted by Crippen LogP contribution is -2.42. The number of carbonyl (C=O) groups excluding carboxylic acids is 3. The molecule has 0 radical (unpaired) electrons. The number of rotatable bonds is 21.